The maximum atomic E-state index is 12.0. The lowest BCUT2D eigenvalue weighted by Crippen LogP contribution is -2.49. The zero-order valence-corrected chi connectivity index (χ0v) is 19.3. The average Bonchev–Trinajstić information content (AvgIpc) is 3.16. The largest absolute Gasteiger partial charge is 0.354 e. The minimum absolute atomic E-state index is 0. The molecule has 28 heavy (non-hydrogen) atoms. The molecule has 156 valence electrons. The molecule has 1 aliphatic carbocycles. The van der Waals surface area contributed by atoms with Crippen LogP contribution in [0.3, 0.4) is 0 Å². The number of nitrogens with zero attached hydrogens (tertiary/aromatic N) is 4. The monoisotopic (exact) mass is 500 g/mol. The Hall–Kier alpha value is -1.58. The van der Waals surface area contributed by atoms with E-state index in [4.69, 9.17) is 0 Å². The van der Waals surface area contributed by atoms with Crippen LogP contribution >= 0.6 is 24.0 Å². The fourth-order valence-electron chi connectivity index (χ4n) is 3.68. The maximum Gasteiger partial charge on any atom is 0.243 e. The summed E-state index contributed by atoms with van der Waals surface area (Å²) in [6, 6.07) is 6.76. The molecule has 0 aromatic carbocycles. The Bertz CT molecular complexity index is 633. The number of hydrogen-bond donors (Lipinski definition) is 2. The van der Waals surface area contributed by atoms with Gasteiger partial charge in [0.05, 0.1) is 0 Å². The van der Waals surface area contributed by atoms with Crippen LogP contribution in [0.5, 0.6) is 0 Å². The SMILES string of the molecule is CN(C)C(=O)CN=C(NC1CCCCC1)NC1CCN(c2ccccn2)C1.I. The van der Waals surface area contributed by atoms with E-state index in [2.05, 4.69) is 25.5 Å². The van der Waals surface area contributed by atoms with Crippen LogP contribution in [-0.4, -0.2) is 67.6 Å². The van der Waals surface area contributed by atoms with Crippen molar-refractivity contribution in [3.8, 4) is 0 Å². The lowest BCUT2D eigenvalue weighted by Gasteiger charge is -2.27. The predicted octanol–water partition coefficient (Wildman–Crippen LogP) is 2.23. The zero-order valence-electron chi connectivity index (χ0n) is 16.9. The fourth-order valence-corrected chi connectivity index (χ4v) is 3.68. The lowest BCUT2D eigenvalue weighted by molar-refractivity contribution is -0.127. The van der Waals surface area contributed by atoms with E-state index < -0.39 is 0 Å². The Kier molecular flexibility index (Phi) is 9.27. The highest BCUT2D eigenvalue weighted by molar-refractivity contribution is 14.0. The first kappa shape index (κ1) is 22.7. The first-order valence-corrected chi connectivity index (χ1v) is 10.1. The van der Waals surface area contributed by atoms with Gasteiger partial charge < -0.3 is 20.4 Å². The second-order valence-electron chi connectivity index (χ2n) is 7.70. The van der Waals surface area contributed by atoms with Crippen LogP contribution in [0, 0.1) is 0 Å². The van der Waals surface area contributed by atoms with Gasteiger partial charge in [-0.2, -0.15) is 0 Å². The molecule has 2 heterocycles. The summed E-state index contributed by atoms with van der Waals surface area (Å²) in [6.07, 6.45) is 9.06. The van der Waals surface area contributed by atoms with E-state index in [1.54, 1.807) is 19.0 Å². The van der Waals surface area contributed by atoms with Gasteiger partial charge in [0.15, 0.2) is 5.96 Å². The van der Waals surface area contributed by atoms with E-state index in [0.717, 1.165) is 31.3 Å². The molecule has 1 aliphatic heterocycles. The molecule has 1 saturated carbocycles. The van der Waals surface area contributed by atoms with Crippen molar-refractivity contribution in [3.63, 3.8) is 0 Å². The number of guanidine groups is 1. The first-order valence-electron chi connectivity index (χ1n) is 10.1. The second-order valence-corrected chi connectivity index (χ2v) is 7.70. The number of carbonyl (C=O) groups is 1. The van der Waals surface area contributed by atoms with Crippen LogP contribution in [0.15, 0.2) is 29.4 Å². The van der Waals surface area contributed by atoms with Crippen molar-refractivity contribution in [1.82, 2.24) is 20.5 Å². The van der Waals surface area contributed by atoms with Crippen LogP contribution < -0.4 is 15.5 Å². The van der Waals surface area contributed by atoms with Crippen LogP contribution in [-0.2, 0) is 4.79 Å². The van der Waals surface area contributed by atoms with Gasteiger partial charge in [-0.3, -0.25) is 4.79 Å². The number of aliphatic imine (C=N–C) groups is 1. The number of nitrogens with one attached hydrogen (secondary N) is 2. The molecule has 1 amide bonds. The highest BCUT2D eigenvalue weighted by Gasteiger charge is 2.25. The van der Waals surface area contributed by atoms with E-state index in [1.165, 1.54) is 32.1 Å². The van der Waals surface area contributed by atoms with Crippen molar-refractivity contribution in [2.75, 3.05) is 38.6 Å². The number of likely N-dealkylation sites (N-methyl/N-ethyl adjacent to an activating group) is 1. The Morgan fingerprint density at radius 1 is 1.18 bits per heavy atom. The molecular weight excluding hydrogens is 467 g/mol. The Balaban J connectivity index is 0.00000280. The average molecular weight is 500 g/mol. The molecular formula is C20H33IN6O. The number of hydrogen-bond acceptors (Lipinski definition) is 4. The van der Waals surface area contributed by atoms with Crippen LogP contribution in [0.4, 0.5) is 5.82 Å². The van der Waals surface area contributed by atoms with Gasteiger partial charge in [-0.05, 0) is 31.4 Å². The van der Waals surface area contributed by atoms with Gasteiger partial charge >= 0.3 is 0 Å². The summed E-state index contributed by atoms with van der Waals surface area (Å²) in [5.74, 6) is 1.80. The lowest BCUT2D eigenvalue weighted by atomic mass is 9.96. The van der Waals surface area contributed by atoms with Crippen molar-refractivity contribution in [3.05, 3.63) is 24.4 Å². The molecule has 1 unspecified atom stereocenters. The number of halogens is 1. The maximum absolute atomic E-state index is 12.0. The number of rotatable bonds is 5. The molecule has 0 radical (unpaired) electrons. The Morgan fingerprint density at radius 2 is 1.93 bits per heavy atom. The molecule has 2 N–H and O–H groups in total. The van der Waals surface area contributed by atoms with Crippen LogP contribution in [0.25, 0.3) is 0 Å². The molecule has 7 nitrogen and oxygen atoms in total. The van der Waals surface area contributed by atoms with Gasteiger partial charge in [-0.15, -0.1) is 24.0 Å². The summed E-state index contributed by atoms with van der Waals surface area (Å²) in [6.45, 7) is 2.04. The van der Waals surface area contributed by atoms with Gasteiger partial charge in [0.1, 0.15) is 12.4 Å². The van der Waals surface area contributed by atoms with Crippen molar-refractivity contribution in [1.29, 1.82) is 0 Å². The highest BCUT2D eigenvalue weighted by atomic mass is 127. The third kappa shape index (κ3) is 6.79. The van der Waals surface area contributed by atoms with E-state index in [1.807, 2.05) is 24.4 Å². The Labute approximate surface area is 185 Å². The summed E-state index contributed by atoms with van der Waals surface area (Å²) >= 11 is 0. The molecule has 0 spiro atoms. The Morgan fingerprint density at radius 3 is 2.61 bits per heavy atom. The van der Waals surface area contributed by atoms with Gasteiger partial charge in [0, 0.05) is 45.5 Å². The van der Waals surface area contributed by atoms with E-state index in [0.29, 0.717) is 12.1 Å². The topological polar surface area (TPSA) is 72.9 Å². The third-order valence-corrected chi connectivity index (χ3v) is 5.32. The summed E-state index contributed by atoms with van der Waals surface area (Å²) < 4.78 is 0. The number of anilines is 1. The van der Waals surface area contributed by atoms with Gasteiger partial charge in [0.2, 0.25) is 5.91 Å². The summed E-state index contributed by atoms with van der Waals surface area (Å²) in [5.41, 5.74) is 0. The molecule has 1 aromatic rings. The highest BCUT2D eigenvalue weighted by Crippen LogP contribution is 2.19. The summed E-state index contributed by atoms with van der Waals surface area (Å²) in [4.78, 5) is 24.9. The quantitative estimate of drug-likeness (QED) is 0.369. The predicted molar refractivity (Wildman–Crippen MR) is 124 cm³/mol. The minimum Gasteiger partial charge on any atom is -0.354 e. The number of amides is 1. The molecule has 1 saturated heterocycles. The molecule has 0 bridgehead atoms. The van der Waals surface area contributed by atoms with Crippen molar-refractivity contribution >= 4 is 41.7 Å². The third-order valence-electron chi connectivity index (χ3n) is 5.32. The molecule has 3 rings (SSSR count). The first-order chi connectivity index (χ1) is 13.1. The normalized spacial score (nSPS) is 20.4. The van der Waals surface area contributed by atoms with E-state index >= 15 is 0 Å². The molecule has 2 aliphatic rings. The van der Waals surface area contributed by atoms with Crippen LogP contribution in [0.1, 0.15) is 38.5 Å². The van der Waals surface area contributed by atoms with Gasteiger partial charge in [-0.25, -0.2) is 9.98 Å². The molecule has 1 aromatic heterocycles. The summed E-state index contributed by atoms with van der Waals surface area (Å²) in [7, 11) is 3.53. The standard InChI is InChI=1S/C20H32N6O.HI/c1-25(2)19(27)14-22-20(23-16-8-4-3-5-9-16)24-17-11-13-26(15-17)18-10-6-7-12-21-18;/h6-7,10,12,16-17H,3-5,8-9,11,13-15H2,1-2H3,(H2,22,23,24);1H. The van der Waals surface area contributed by atoms with Crippen molar-refractivity contribution < 1.29 is 4.79 Å². The molecule has 8 heteroatoms. The number of carbonyl (C=O) groups excluding carboxylic acids is 1. The molecule has 2 fully saturated rings. The smallest absolute Gasteiger partial charge is 0.243 e. The van der Waals surface area contributed by atoms with Crippen molar-refractivity contribution in [2.24, 2.45) is 4.99 Å². The van der Waals surface area contributed by atoms with Crippen LogP contribution in [0.2, 0.25) is 0 Å². The van der Waals surface area contributed by atoms with Crippen molar-refractivity contribution in [2.45, 2.75) is 50.6 Å². The zero-order chi connectivity index (χ0) is 19.1. The summed E-state index contributed by atoms with van der Waals surface area (Å²) in [5, 5.41) is 7.12. The number of aromatic nitrogens is 1. The van der Waals surface area contributed by atoms with E-state index in [9.17, 15) is 4.79 Å². The van der Waals surface area contributed by atoms with E-state index in [-0.39, 0.29) is 36.4 Å². The number of pyridine rings is 1. The fraction of sp³-hybridized carbons (Fsp3) is 0.650. The van der Waals surface area contributed by atoms with Gasteiger partial charge in [-0.1, -0.05) is 25.3 Å². The van der Waals surface area contributed by atoms with Gasteiger partial charge in [0.25, 0.3) is 0 Å². The minimum atomic E-state index is 0. The molecule has 1 atom stereocenters. The second kappa shape index (κ2) is 11.4.